The summed E-state index contributed by atoms with van der Waals surface area (Å²) >= 11 is 0. The Balaban J connectivity index is 1.53. The topological polar surface area (TPSA) is 96.0 Å². The van der Waals surface area contributed by atoms with Crippen LogP contribution in [0.1, 0.15) is 71.6 Å². The number of carbonyl (C=O) groups excluding carboxylic acids is 4. The highest BCUT2D eigenvalue weighted by molar-refractivity contribution is 6.09. The minimum Gasteiger partial charge on any atom is -0.454 e. The van der Waals surface area contributed by atoms with Crippen LogP contribution >= 0.6 is 0 Å². The van der Waals surface area contributed by atoms with Crippen molar-refractivity contribution in [3.05, 3.63) is 0 Å². The Labute approximate surface area is 172 Å². The summed E-state index contributed by atoms with van der Waals surface area (Å²) in [6, 6.07) is -0.344. The van der Waals surface area contributed by atoms with Gasteiger partial charge in [0.25, 0.3) is 11.8 Å². The van der Waals surface area contributed by atoms with Gasteiger partial charge in [-0.3, -0.25) is 19.3 Å². The second kappa shape index (κ2) is 9.13. The molecular weight excluding hydrogens is 374 g/mol. The highest BCUT2D eigenvalue weighted by Crippen LogP contribution is 2.38. The molecule has 0 aromatic heterocycles. The molecule has 0 unspecified atom stereocenters. The van der Waals surface area contributed by atoms with Crippen molar-refractivity contribution >= 4 is 23.8 Å². The smallest absolute Gasteiger partial charge is 0.326 e. The van der Waals surface area contributed by atoms with Crippen molar-refractivity contribution in [3.8, 4) is 0 Å². The predicted molar refractivity (Wildman–Crippen MR) is 106 cm³/mol. The minimum atomic E-state index is -0.897. The van der Waals surface area contributed by atoms with E-state index in [4.69, 9.17) is 4.74 Å². The quantitative estimate of drug-likeness (QED) is 0.538. The van der Waals surface area contributed by atoms with Crippen molar-refractivity contribution in [2.75, 3.05) is 19.7 Å². The van der Waals surface area contributed by atoms with E-state index in [-0.39, 0.29) is 30.4 Å². The average Bonchev–Trinajstić information content (AvgIpc) is 2.95. The lowest BCUT2D eigenvalue weighted by Crippen LogP contribution is -2.54. The van der Waals surface area contributed by atoms with E-state index in [1.807, 2.05) is 13.8 Å². The van der Waals surface area contributed by atoms with Crippen LogP contribution in [-0.4, -0.2) is 64.9 Å². The molecule has 2 aliphatic carbocycles. The average molecular weight is 408 g/mol. The number of urea groups is 1. The van der Waals surface area contributed by atoms with Crippen LogP contribution in [0.15, 0.2) is 0 Å². The second-order valence-corrected chi connectivity index (χ2v) is 8.57. The maximum Gasteiger partial charge on any atom is 0.326 e. The van der Waals surface area contributed by atoms with E-state index in [0.29, 0.717) is 13.0 Å². The number of nitrogens with one attached hydrogen (secondary N) is 1. The van der Waals surface area contributed by atoms with Crippen LogP contribution in [0.25, 0.3) is 0 Å². The molecule has 8 nitrogen and oxygen atoms in total. The maximum atomic E-state index is 12.9. The molecule has 0 aromatic rings. The first-order valence-electron chi connectivity index (χ1n) is 11.0. The fraction of sp³-hybridized carbons (Fsp3) is 0.810. The lowest BCUT2D eigenvalue weighted by Gasteiger charge is -2.36. The summed E-state index contributed by atoms with van der Waals surface area (Å²) in [6.07, 6.45) is 8.75. The van der Waals surface area contributed by atoms with Crippen LogP contribution < -0.4 is 5.32 Å². The number of imide groups is 1. The second-order valence-electron chi connectivity index (χ2n) is 8.57. The van der Waals surface area contributed by atoms with Crippen LogP contribution in [0.3, 0.4) is 0 Å². The summed E-state index contributed by atoms with van der Waals surface area (Å²) in [5.74, 6) is -1.27. The molecule has 3 rings (SSSR count). The summed E-state index contributed by atoms with van der Waals surface area (Å²) in [4.78, 5) is 52.7. The Morgan fingerprint density at radius 2 is 1.83 bits per heavy atom. The van der Waals surface area contributed by atoms with E-state index in [0.717, 1.165) is 49.8 Å². The van der Waals surface area contributed by atoms with Crippen molar-refractivity contribution in [2.45, 2.75) is 83.2 Å². The van der Waals surface area contributed by atoms with Gasteiger partial charge in [-0.25, -0.2) is 4.79 Å². The van der Waals surface area contributed by atoms with E-state index in [1.54, 1.807) is 4.90 Å². The van der Waals surface area contributed by atoms with Gasteiger partial charge in [0.2, 0.25) is 0 Å². The predicted octanol–water partition coefficient (Wildman–Crippen LogP) is 2.21. The van der Waals surface area contributed by atoms with Gasteiger partial charge in [-0.1, -0.05) is 39.0 Å². The highest BCUT2D eigenvalue weighted by Gasteiger charge is 2.55. The molecule has 29 heavy (non-hydrogen) atoms. The standard InChI is InChI=1S/C21H33N3O5/c1-3-23(16-10-5-4-6-11-16)17(25)14-29-18(26)13-24-19(27)21(22-20(24)28)12-8-7-9-15(21)2/h15-16H,3-14H2,1-2H3,(H,22,28)/t15-,21-/m0/s1. The van der Waals surface area contributed by atoms with Crippen LogP contribution in [0, 0.1) is 5.92 Å². The fourth-order valence-electron chi connectivity index (χ4n) is 5.07. The summed E-state index contributed by atoms with van der Waals surface area (Å²) < 4.78 is 5.13. The summed E-state index contributed by atoms with van der Waals surface area (Å²) in [5.41, 5.74) is -0.897. The molecule has 0 bridgehead atoms. The SMILES string of the molecule is CCN(C(=O)COC(=O)CN1C(=O)N[C@]2(CCCC[C@@H]2C)C1=O)C1CCCCC1. The molecule has 1 saturated heterocycles. The summed E-state index contributed by atoms with van der Waals surface area (Å²) in [6.45, 7) is 3.65. The lowest BCUT2D eigenvalue weighted by molar-refractivity contribution is -0.155. The number of rotatable bonds is 6. The van der Waals surface area contributed by atoms with Gasteiger partial charge < -0.3 is 15.0 Å². The summed E-state index contributed by atoms with van der Waals surface area (Å²) in [7, 11) is 0. The minimum absolute atomic E-state index is 0.0314. The summed E-state index contributed by atoms with van der Waals surface area (Å²) in [5, 5.41) is 2.81. The molecule has 2 atom stereocenters. The van der Waals surface area contributed by atoms with Crippen LogP contribution in [0.5, 0.6) is 0 Å². The third-order valence-corrected chi connectivity index (χ3v) is 6.82. The molecule has 2 saturated carbocycles. The van der Waals surface area contributed by atoms with Gasteiger partial charge in [0.1, 0.15) is 12.1 Å². The Hall–Kier alpha value is -2.12. The van der Waals surface area contributed by atoms with Gasteiger partial charge >= 0.3 is 12.0 Å². The van der Waals surface area contributed by atoms with Crippen LogP contribution in [0.2, 0.25) is 0 Å². The van der Waals surface area contributed by atoms with Gasteiger partial charge in [0.15, 0.2) is 6.61 Å². The first-order chi connectivity index (χ1) is 13.9. The van der Waals surface area contributed by atoms with Crippen molar-refractivity contribution in [3.63, 3.8) is 0 Å². The molecule has 1 N–H and O–H groups in total. The third-order valence-electron chi connectivity index (χ3n) is 6.82. The van der Waals surface area contributed by atoms with Crippen molar-refractivity contribution < 1.29 is 23.9 Å². The zero-order valence-electron chi connectivity index (χ0n) is 17.6. The fourth-order valence-corrected chi connectivity index (χ4v) is 5.07. The van der Waals surface area contributed by atoms with E-state index in [9.17, 15) is 19.2 Å². The van der Waals surface area contributed by atoms with Gasteiger partial charge in [0, 0.05) is 12.6 Å². The van der Waals surface area contributed by atoms with Crippen molar-refractivity contribution in [2.24, 2.45) is 5.92 Å². The van der Waals surface area contributed by atoms with Gasteiger partial charge in [-0.15, -0.1) is 0 Å². The molecular formula is C21H33N3O5. The Kier molecular flexibility index (Phi) is 6.80. The molecule has 1 aliphatic heterocycles. The van der Waals surface area contributed by atoms with E-state index < -0.39 is 24.1 Å². The lowest BCUT2D eigenvalue weighted by atomic mass is 9.73. The number of likely N-dealkylation sites (N-methyl/N-ethyl adjacent to an activating group) is 1. The molecule has 162 valence electrons. The molecule has 1 spiro atoms. The monoisotopic (exact) mass is 407 g/mol. The molecule has 0 aromatic carbocycles. The normalized spacial score (nSPS) is 27.8. The Bertz CT molecular complexity index is 661. The number of nitrogens with zero attached hydrogens (tertiary/aromatic N) is 2. The zero-order chi connectivity index (χ0) is 21.0. The number of carbonyl (C=O) groups is 4. The number of hydrogen-bond donors (Lipinski definition) is 1. The number of amides is 4. The molecule has 3 aliphatic rings. The Morgan fingerprint density at radius 3 is 2.48 bits per heavy atom. The van der Waals surface area contributed by atoms with Crippen molar-refractivity contribution in [1.29, 1.82) is 0 Å². The first-order valence-corrected chi connectivity index (χ1v) is 11.0. The number of esters is 1. The van der Waals surface area contributed by atoms with E-state index >= 15 is 0 Å². The van der Waals surface area contributed by atoms with Crippen molar-refractivity contribution in [1.82, 2.24) is 15.1 Å². The van der Waals surface area contributed by atoms with E-state index in [2.05, 4.69) is 5.32 Å². The Morgan fingerprint density at radius 1 is 1.14 bits per heavy atom. The van der Waals surface area contributed by atoms with Gasteiger partial charge in [0.05, 0.1) is 0 Å². The van der Waals surface area contributed by atoms with Crippen LogP contribution in [0.4, 0.5) is 4.79 Å². The molecule has 3 fully saturated rings. The maximum absolute atomic E-state index is 12.9. The van der Waals surface area contributed by atoms with Gasteiger partial charge in [-0.05, 0) is 38.5 Å². The first kappa shape index (κ1) is 21.6. The molecule has 0 radical (unpaired) electrons. The molecule has 1 heterocycles. The molecule has 8 heteroatoms. The zero-order valence-corrected chi connectivity index (χ0v) is 17.6. The number of ether oxygens (including phenoxy) is 1. The third kappa shape index (κ3) is 4.41. The van der Waals surface area contributed by atoms with E-state index in [1.165, 1.54) is 6.42 Å². The van der Waals surface area contributed by atoms with Gasteiger partial charge in [-0.2, -0.15) is 0 Å². The van der Waals surface area contributed by atoms with Crippen LogP contribution in [-0.2, 0) is 19.1 Å². The molecule has 4 amide bonds. The highest BCUT2D eigenvalue weighted by atomic mass is 16.5. The number of hydrogen-bond acceptors (Lipinski definition) is 5. The largest absolute Gasteiger partial charge is 0.454 e.